The first-order valence-electron chi connectivity index (χ1n) is 8.75. The zero-order valence-electron chi connectivity index (χ0n) is 15.6. The SMILES string of the molecule is CCC(CNC1CCC(C)(C)CC1C)NC(=O)OC(C)(C)C. The summed E-state index contributed by atoms with van der Waals surface area (Å²) in [6.45, 7) is 15.6. The average Bonchev–Trinajstić information content (AvgIpc) is 2.33. The molecule has 0 aromatic rings. The molecule has 1 saturated carbocycles. The molecule has 0 radical (unpaired) electrons. The number of hydrogen-bond donors (Lipinski definition) is 2. The van der Waals surface area contributed by atoms with Crippen molar-refractivity contribution in [3.63, 3.8) is 0 Å². The van der Waals surface area contributed by atoms with Gasteiger partial charge in [0.15, 0.2) is 0 Å². The summed E-state index contributed by atoms with van der Waals surface area (Å²) in [7, 11) is 0. The van der Waals surface area contributed by atoms with Crippen LogP contribution in [0.25, 0.3) is 0 Å². The summed E-state index contributed by atoms with van der Waals surface area (Å²) in [5.41, 5.74) is 0.0236. The highest BCUT2D eigenvalue weighted by atomic mass is 16.6. The van der Waals surface area contributed by atoms with Crippen LogP contribution < -0.4 is 10.6 Å². The van der Waals surface area contributed by atoms with Gasteiger partial charge in [-0.05, 0) is 57.8 Å². The molecule has 1 fully saturated rings. The van der Waals surface area contributed by atoms with E-state index in [1.807, 2.05) is 20.8 Å². The topological polar surface area (TPSA) is 50.4 Å². The fourth-order valence-electron chi connectivity index (χ4n) is 3.32. The van der Waals surface area contributed by atoms with Crippen molar-refractivity contribution in [3.8, 4) is 0 Å². The Kier molecular flexibility index (Phi) is 6.72. The molecule has 1 aliphatic carbocycles. The van der Waals surface area contributed by atoms with E-state index < -0.39 is 5.60 Å². The van der Waals surface area contributed by atoms with Crippen LogP contribution in [0.15, 0.2) is 0 Å². The molecule has 4 nitrogen and oxygen atoms in total. The number of carbonyl (C=O) groups excluding carboxylic acids is 1. The Bertz CT molecular complexity index is 361. The minimum atomic E-state index is -0.445. The van der Waals surface area contributed by atoms with Crippen LogP contribution in [0.1, 0.15) is 74.1 Å². The summed E-state index contributed by atoms with van der Waals surface area (Å²) in [4.78, 5) is 11.9. The highest BCUT2D eigenvalue weighted by Crippen LogP contribution is 2.38. The molecule has 2 N–H and O–H groups in total. The second kappa shape index (κ2) is 7.67. The Balaban J connectivity index is 2.39. The van der Waals surface area contributed by atoms with Crippen molar-refractivity contribution < 1.29 is 9.53 Å². The summed E-state index contributed by atoms with van der Waals surface area (Å²) in [5.74, 6) is 0.683. The Labute approximate surface area is 136 Å². The molecule has 0 heterocycles. The van der Waals surface area contributed by atoms with Crippen molar-refractivity contribution in [2.24, 2.45) is 11.3 Å². The van der Waals surface area contributed by atoms with Gasteiger partial charge in [-0.25, -0.2) is 4.79 Å². The smallest absolute Gasteiger partial charge is 0.407 e. The van der Waals surface area contributed by atoms with Crippen molar-refractivity contribution >= 4 is 6.09 Å². The Morgan fingerprint density at radius 2 is 2.00 bits per heavy atom. The molecule has 4 heteroatoms. The van der Waals surface area contributed by atoms with Gasteiger partial charge in [-0.15, -0.1) is 0 Å². The van der Waals surface area contributed by atoms with Crippen molar-refractivity contribution in [1.82, 2.24) is 10.6 Å². The summed E-state index contributed by atoms with van der Waals surface area (Å²) < 4.78 is 5.33. The lowest BCUT2D eigenvalue weighted by Gasteiger charge is -2.40. The third-order valence-electron chi connectivity index (χ3n) is 4.53. The molecule has 0 saturated heterocycles. The summed E-state index contributed by atoms with van der Waals surface area (Å²) >= 11 is 0. The summed E-state index contributed by atoms with van der Waals surface area (Å²) in [6.07, 6.45) is 4.33. The number of amides is 1. The van der Waals surface area contributed by atoms with Crippen molar-refractivity contribution in [2.75, 3.05) is 6.54 Å². The van der Waals surface area contributed by atoms with Crippen LogP contribution >= 0.6 is 0 Å². The van der Waals surface area contributed by atoms with Gasteiger partial charge < -0.3 is 15.4 Å². The van der Waals surface area contributed by atoms with E-state index in [2.05, 4.69) is 38.3 Å². The molecule has 1 aliphatic rings. The first-order chi connectivity index (χ1) is 10.0. The van der Waals surface area contributed by atoms with E-state index in [4.69, 9.17) is 4.74 Å². The maximum absolute atomic E-state index is 11.9. The molecular formula is C18H36N2O2. The zero-order valence-corrected chi connectivity index (χ0v) is 15.6. The third-order valence-corrected chi connectivity index (χ3v) is 4.53. The molecule has 0 aromatic carbocycles. The van der Waals surface area contributed by atoms with Crippen LogP contribution in [0.2, 0.25) is 0 Å². The first kappa shape index (κ1) is 19.3. The molecule has 22 heavy (non-hydrogen) atoms. The standard InChI is InChI=1S/C18H36N2O2/c1-8-14(20-16(21)22-17(3,4)5)12-19-15-9-10-18(6,7)11-13(15)2/h13-15,19H,8-12H2,1-7H3,(H,20,21). The van der Waals surface area contributed by atoms with Gasteiger partial charge in [-0.3, -0.25) is 0 Å². The predicted octanol–water partition coefficient (Wildman–Crippen LogP) is 4.09. The maximum atomic E-state index is 11.9. The Morgan fingerprint density at radius 3 is 2.50 bits per heavy atom. The van der Waals surface area contributed by atoms with Crippen LogP contribution in [0.5, 0.6) is 0 Å². The molecule has 1 rings (SSSR count). The van der Waals surface area contributed by atoms with E-state index in [0.717, 1.165) is 13.0 Å². The van der Waals surface area contributed by atoms with E-state index in [1.165, 1.54) is 19.3 Å². The van der Waals surface area contributed by atoms with Gasteiger partial charge in [0, 0.05) is 18.6 Å². The maximum Gasteiger partial charge on any atom is 0.407 e. The van der Waals surface area contributed by atoms with Crippen LogP contribution in [0.3, 0.4) is 0 Å². The molecule has 1 amide bonds. The summed E-state index contributed by atoms with van der Waals surface area (Å²) in [6, 6.07) is 0.680. The van der Waals surface area contributed by atoms with Crippen LogP contribution in [0, 0.1) is 11.3 Å². The van der Waals surface area contributed by atoms with Gasteiger partial charge in [-0.1, -0.05) is 27.7 Å². The van der Waals surface area contributed by atoms with Crippen LogP contribution in [-0.2, 0) is 4.74 Å². The van der Waals surface area contributed by atoms with E-state index in [1.54, 1.807) is 0 Å². The molecule has 0 aromatic heterocycles. The fourth-order valence-corrected chi connectivity index (χ4v) is 3.32. The Hall–Kier alpha value is -0.770. The van der Waals surface area contributed by atoms with Crippen molar-refractivity contribution in [1.29, 1.82) is 0 Å². The van der Waals surface area contributed by atoms with Gasteiger partial charge >= 0.3 is 6.09 Å². The van der Waals surface area contributed by atoms with Gasteiger partial charge in [0.2, 0.25) is 0 Å². The van der Waals surface area contributed by atoms with Crippen LogP contribution in [-0.4, -0.2) is 30.3 Å². The third kappa shape index (κ3) is 6.99. The van der Waals surface area contributed by atoms with Gasteiger partial charge in [0.05, 0.1) is 0 Å². The van der Waals surface area contributed by atoms with Gasteiger partial charge in [0.1, 0.15) is 5.60 Å². The molecule has 3 atom stereocenters. The minimum Gasteiger partial charge on any atom is -0.444 e. The van der Waals surface area contributed by atoms with Gasteiger partial charge in [-0.2, -0.15) is 0 Å². The van der Waals surface area contributed by atoms with E-state index >= 15 is 0 Å². The molecule has 0 bridgehead atoms. The number of hydrogen-bond acceptors (Lipinski definition) is 3. The monoisotopic (exact) mass is 312 g/mol. The average molecular weight is 312 g/mol. The lowest BCUT2D eigenvalue weighted by molar-refractivity contribution is 0.0499. The van der Waals surface area contributed by atoms with E-state index in [9.17, 15) is 4.79 Å². The number of ether oxygens (including phenoxy) is 1. The quantitative estimate of drug-likeness (QED) is 0.803. The largest absolute Gasteiger partial charge is 0.444 e. The predicted molar refractivity (Wildman–Crippen MR) is 92.0 cm³/mol. The first-order valence-corrected chi connectivity index (χ1v) is 8.75. The number of alkyl carbamates (subject to hydrolysis) is 1. The van der Waals surface area contributed by atoms with Crippen molar-refractivity contribution in [2.45, 2.75) is 91.8 Å². The second-order valence-corrected chi connectivity index (χ2v) is 8.65. The Morgan fingerprint density at radius 1 is 1.36 bits per heavy atom. The van der Waals surface area contributed by atoms with E-state index in [0.29, 0.717) is 17.4 Å². The number of carbonyl (C=O) groups is 1. The zero-order chi connectivity index (χ0) is 17.0. The molecular weight excluding hydrogens is 276 g/mol. The van der Waals surface area contributed by atoms with Gasteiger partial charge in [0.25, 0.3) is 0 Å². The van der Waals surface area contributed by atoms with Crippen LogP contribution in [0.4, 0.5) is 4.79 Å². The van der Waals surface area contributed by atoms with E-state index in [-0.39, 0.29) is 12.1 Å². The lowest BCUT2D eigenvalue weighted by atomic mass is 9.70. The normalized spacial score (nSPS) is 26.3. The van der Waals surface area contributed by atoms with Crippen molar-refractivity contribution in [3.05, 3.63) is 0 Å². The highest BCUT2D eigenvalue weighted by molar-refractivity contribution is 5.68. The number of rotatable bonds is 5. The molecule has 3 unspecified atom stereocenters. The molecule has 0 spiro atoms. The molecule has 130 valence electrons. The minimum absolute atomic E-state index is 0.122. The molecule has 0 aliphatic heterocycles. The second-order valence-electron chi connectivity index (χ2n) is 8.65. The number of nitrogens with one attached hydrogen (secondary N) is 2. The lowest BCUT2D eigenvalue weighted by Crippen LogP contribution is -2.49. The highest BCUT2D eigenvalue weighted by Gasteiger charge is 2.32. The fraction of sp³-hybridized carbons (Fsp3) is 0.944. The summed E-state index contributed by atoms with van der Waals surface area (Å²) in [5, 5.41) is 6.63.